The minimum Gasteiger partial charge on any atom is -0.366 e. The highest BCUT2D eigenvalue weighted by Crippen LogP contribution is 2.09. The molecule has 0 saturated carbocycles. The number of nitrogens with one attached hydrogen (secondary N) is 3. The zero-order valence-corrected chi connectivity index (χ0v) is 10.6. The molecule has 2 aromatic rings. The fraction of sp³-hybridized carbons (Fsp3) is 0.0833. The van der Waals surface area contributed by atoms with E-state index in [1.807, 2.05) is 42.7 Å². The van der Waals surface area contributed by atoms with E-state index in [1.54, 1.807) is 0 Å². The molecule has 88 valence electrons. The Morgan fingerprint density at radius 1 is 1.24 bits per heavy atom. The Morgan fingerprint density at radius 3 is 2.65 bits per heavy atom. The topological polar surface area (TPSA) is 39.8 Å². The third kappa shape index (κ3) is 3.76. The second-order valence-corrected chi connectivity index (χ2v) is 4.38. The summed E-state index contributed by atoms with van der Waals surface area (Å²) in [6, 6.07) is 9.57. The van der Waals surface area contributed by atoms with Crippen LogP contribution in [0.4, 0.5) is 5.69 Å². The Bertz CT molecular complexity index is 479. The summed E-state index contributed by atoms with van der Waals surface area (Å²) >= 11 is 11.0. The molecule has 0 aliphatic carbocycles. The van der Waals surface area contributed by atoms with Gasteiger partial charge in [-0.05, 0) is 36.0 Å². The molecule has 0 unspecified atom stereocenters. The lowest BCUT2D eigenvalue weighted by Crippen LogP contribution is -2.27. The van der Waals surface area contributed by atoms with Crippen molar-refractivity contribution in [2.45, 2.75) is 6.54 Å². The Labute approximate surface area is 110 Å². The minimum atomic E-state index is 0.597. The fourth-order valence-electron chi connectivity index (χ4n) is 1.36. The summed E-state index contributed by atoms with van der Waals surface area (Å²) < 4.78 is 0. The van der Waals surface area contributed by atoms with Crippen LogP contribution in [0.2, 0.25) is 5.02 Å². The van der Waals surface area contributed by atoms with Gasteiger partial charge in [-0.1, -0.05) is 23.7 Å². The van der Waals surface area contributed by atoms with Crippen LogP contribution in [-0.2, 0) is 6.54 Å². The van der Waals surface area contributed by atoms with E-state index in [-0.39, 0.29) is 0 Å². The monoisotopic (exact) mass is 265 g/mol. The normalized spacial score (nSPS) is 9.94. The smallest absolute Gasteiger partial charge is 0.171 e. The first-order chi connectivity index (χ1) is 8.24. The highest BCUT2D eigenvalue weighted by Gasteiger charge is 1.98. The van der Waals surface area contributed by atoms with Crippen LogP contribution in [0.3, 0.4) is 0 Å². The van der Waals surface area contributed by atoms with Crippen molar-refractivity contribution in [3.05, 3.63) is 53.3 Å². The van der Waals surface area contributed by atoms with E-state index in [0.29, 0.717) is 11.7 Å². The van der Waals surface area contributed by atoms with Gasteiger partial charge in [0.25, 0.3) is 0 Å². The maximum Gasteiger partial charge on any atom is 0.171 e. The van der Waals surface area contributed by atoms with Gasteiger partial charge >= 0.3 is 0 Å². The van der Waals surface area contributed by atoms with E-state index >= 15 is 0 Å². The van der Waals surface area contributed by atoms with Crippen LogP contribution in [0.5, 0.6) is 0 Å². The van der Waals surface area contributed by atoms with Gasteiger partial charge in [-0.3, -0.25) is 0 Å². The van der Waals surface area contributed by atoms with Crippen LogP contribution in [0, 0.1) is 0 Å². The molecular weight excluding hydrogens is 254 g/mol. The van der Waals surface area contributed by atoms with Crippen LogP contribution in [-0.4, -0.2) is 10.1 Å². The van der Waals surface area contributed by atoms with Gasteiger partial charge < -0.3 is 15.6 Å². The van der Waals surface area contributed by atoms with Gasteiger partial charge in [-0.25, -0.2) is 0 Å². The Balaban J connectivity index is 1.82. The second-order valence-electron chi connectivity index (χ2n) is 3.53. The Kier molecular flexibility index (Phi) is 4.01. The number of benzene rings is 1. The molecule has 0 radical (unpaired) electrons. The van der Waals surface area contributed by atoms with Crippen molar-refractivity contribution in [3.63, 3.8) is 0 Å². The zero-order chi connectivity index (χ0) is 12.1. The van der Waals surface area contributed by atoms with Crippen molar-refractivity contribution in [2.24, 2.45) is 0 Å². The van der Waals surface area contributed by atoms with Gasteiger partial charge in [-0.2, -0.15) is 0 Å². The van der Waals surface area contributed by atoms with Gasteiger partial charge in [0, 0.05) is 24.0 Å². The molecule has 1 heterocycles. The molecule has 0 saturated heterocycles. The van der Waals surface area contributed by atoms with E-state index in [0.717, 1.165) is 16.3 Å². The van der Waals surface area contributed by atoms with Crippen molar-refractivity contribution in [2.75, 3.05) is 5.32 Å². The number of aromatic amines is 1. The van der Waals surface area contributed by atoms with E-state index < -0.39 is 0 Å². The first-order valence-electron chi connectivity index (χ1n) is 5.16. The maximum atomic E-state index is 5.81. The average Bonchev–Trinajstić information content (AvgIpc) is 2.81. The molecule has 17 heavy (non-hydrogen) atoms. The summed E-state index contributed by atoms with van der Waals surface area (Å²) in [4.78, 5) is 2.95. The molecule has 1 aromatic carbocycles. The van der Waals surface area contributed by atoms with E-state index in [2.05, 4.69) is 15.6 Å². The predicted octanol–water partition coefficient (Wildman–Crippen LogP) is 3.15. The molecule has 1 aromatic heterocycles. The molecule has 3 nitrogen and oxygen atoms in total. The largest absolute Gasteiger partial charge is 0.366 e. The first kappa shape index (κ1) is 12.0. The molecule has 0 amide bonds. The third-order valence-corrected chi connectivity index (χ3v) is 2.72. The van der Waals surface area contributed by atoms with Crippen molar-refractivity contribution in [1.29, 1.82) is 0 Å². The number of aromatic nitrogens is 1. The summed E-state index contributed by atoms with van der Waals surface area (Å²) in [7, 11) is 0. The molecular formula is C12H12ClN3S. The molecule has 0 atom stereocenters. The summed E-state index contributed by atoms with van der Waals surface area (Å²) in [5.74, 6) is 0. The van der Waals surface area contributed by atoms with Crippen molar-refractivity contribution in [1.82, 2.24) is 10.3 Å². The Hall–Kier alpha value is -1.52. The lowest BCUT2D eigenvalue weighted by molar-refractivity contribution is 0.926. The van der Waals surface area contributed by atoms with Gasteiger partial charge in [0.05, 0.1) is 5.69 Å². The van der Waals surface area contributed by atoms with Gasteiger partial charge in [0.15, 0.2) is 5.11 Å². The van der Waals surface area contributed by atoms with Gasteiger partial charge in [0.2, 0.25) is 0 Å². The molecule has 0 bridgehead atoms. The number of hydrogen-bond donors (Lipinski definition) is 3. The first-order valence-corrected chi connectivity index (χ1v) is 5.95. The third-order valence-electron chi connectivity index (χ3n) is 2.22. The van der Waals surface area contributed by atoms with Gasteiger partial charge in [-0.15, -0.1) is 0 Å². The molecule has 0 spiro atoms. The van der Waals surface area contributed by atoms with Crippen molar-refractivity contribution in [3.8, 4) is 0 Å². The van der Waals surface area contributed by atoms with E-state index in [9.17, 15) is 0 Å². The standard InChI is InChI=1S/C12H12ClN3S/c13-10-3-1-9(2-4-10)7-15-12(17)16-11-5-6-14-8-11/h1-6,8,14H,7H2,(H2,15,16,17). The molecule has 5 heteroatoms. The lowest BCUT2D eigenvalue weighted by Gasteiger charge is -2.09. The molecule has 2 rings (SSSR count). The molecule has 0 fully saturated rings. The SMILES string of the molecule is S=C(NCc1ccc(Cl)cc1)Nc1cc[nH]c1. The number of anilines is 1. The second kappa shape index (κ2) is 5.70. The summed E-state index contributed by atoms with van der Waals surface area (Å²) in [5.41, 5.74) is 2.08. The number of hydrogen-bond acceptors (Lipinski definition) is 1. The van der Waals surface area contributed by atoms with Crippen molar-refractivity contribution >= 4 is 34.6 Å². The van der Waals surface area contributed by atoms with E-state index in [1.165, 1.54) is 0 Å². The maximum absolute atomic E-state index is 5.81. The van der Waals surface area contributed by atoms with Crippen LogP contribution >= 0.6 is 23.8 Å². The average molecular weight is 266 g/mol. The van der Waals surface area contributed by atoms with Crippen molar-refractivity contribution < 1.29 is 0 Å². The summed E-state index contributed by atoms with van der Waals surface area (Å²) in [5, 5.41) is 7.52. The fourth-order valence-corrected chi connectivity index (χ4v) is 1.68. The summed E-state index contributed by atoms with van der Waals surface area (Å²) in [6.07, 6.45) is 3.68. The van der Waals surface area contributed by atoms with Crippen LogP contribution in [0.15, 0.2) is 42.7 Å². The van der Waals surface area contributed by atoms with Crippen LogP contribution in [0.25, 0.3) is 0 Å². The van der Waals surface area contributed by atoms with Gasteiger partial charge in [0.1, 0.15) is 0 Å². The Morgan fingerprint density at radius 2 is 2.00 bits per heavy atom. The molecule has 0 aliphatic rings. The van der Waals surface area contributed by atoms with Crippen LogP contribution in [0.1, 0.15) is 5.56 Å². The number of rotatable bonds is 3. The zero-order valence-electron chi connectivity index (χ0n) is 9.03. The molecule has 3 N–H and O–H groups in total. The quantitative estimate of drug-likeness (QED) is 0.747. The molecule has 0 aliphatic heterocycles. The highest BCUT2D eigenvalue weighted by atomic mass is 35.5. The number of halogens is 1. The predicted molar refractivity (Wildman–Crippen MR) is 75.3 cm³/mol. The highest BCUT2D eigenvalue weighted by molar-refractivity contribution is 7.80. The lowest BCUT2D eigenvalue weighted by atomic mass is 10.2. The van der Waals surface area contributed by atoms with Crippen LogP contribution < -0.4 is 10.6 Å². The van der Waals surface area contributed by atoms with E-state index in [4.69, 9.17) is 23.8 Å². The number of H-pyrrole nitrogens is 1. The summed E-state index contributed by atoms with van der Waals surface area (Å²) in [6.45, 7) is 0.674. The number of thiocarbonyl (C=S) groups is 1. The minimum absolute atomic E-state index is 0.597.